The summed E-state index contributed by atoms with van der Waals surface area (Å²) in [5.74, 6) is -0.0974. The summed E-state index contributed by atoms with van der Waals surface area (Å²) in [4.78, 5) is 20.5. The average Bonchev–Trinajstić information content (AvgIpc) is 2.61. The number of nitrogens with one attached hydrogen (secondary N) is 1. The SMILES string of the molecule is O=C(NCc1ccnc(-c2ccncc2)c1)c1ccc(Br)cc1. The van der Waals surface area contributed by atoms with E-state index in [1.807, 2.05) is 36.4 Å². The Bertz CT molecular complexity index is 804. The highest BCUT2D eigenvalue weighted by Gasteiger charge is 2.06. The molecule has 5 heteroatoms. The van der Waals surface area contributed by atoms with E-state index in [4.69, 9.17) is 0 Å². The van der Waals surface area contributed by atoms with Crippen LogP contribution in [0.4, 0.5) is 0 Å². The van der Waals surface area contributed by atoms with Crippen LogP contribution in [0.5, 0.6) is 0 Å². The lowest BCUT2D eigenvalue weighted by Gasteiger charge is -2.07. The first kappa shape index (κ1) is 15.4. The largest absolute Gasteiger partial charge is 0.348 e. The van der Waals surface area contributed by atoms with Crippen molar-refractivity contribution in [2.24, 2.45) is 0 Å². The summed E-state index contributed by atoms with van der Waals surface area (Å²) in [6.45, 7) is 0.454. The Hall–Kier alpha value is -2.53. The van der Waals surface area contributed by atoms with Crippen LogP contribution in [-0.2, 0) is 6.54 Å². The molecule has 0 saturated heterocycles. The van der Waals surface area contributed by atoms with Crippen LogP contribution in [0.25, 0.3) is 11.3 Å². The molecule has 1 aromatic carbocycles. The van der Waals surface area contributed by atoms with Gasteiger partial charge >= 0.3 is 0 Å². The smallest absolute Gasteiger partial charge is 0.251 e. The van der Waals surface area contributed by atoms with Gasteiger partial charge in [-0.15, -0.1) is 0 Å². The summed E-state index contributed by atoms with van der Waals surface area (Å²) in [5.41, 5.74) is 3.50. The minimum absolute atomic E-state index is 0.0974. The molecule has 0 atom stereocenters. The number of nitrogens with zero attached hydrogens (tertiary/aromatic N) is 2. The monoisotopic (exact) mass is 367 g/mol. The molecule has 0 spiro atoms. The van der Waals surface area contributed by atoms with Gasteiger partial charge in [0.05, 0.1) is 5.69 Å². The molecular weight excluding hydrogens is 354 g/mol. The van der Waals surface area contributed by atoms with Crippen LogP contribution in [0.2, 0.25) is 0 Å². The first-order chi connectivity index (χ1) is 11.2. The molecule has 0 bridgehead atoms. The molecule has 0 saturated carbocycles. The molecule has 2 heterocycles. The Balaban J connectivity index is 1.69. The number of aromatic nitrogens is 2. The minimum atomic E-state index is -0.0974. The molecule has 0 fully saturated rings. The van der Waals surface area contributed by atoms with Gasteiger partial charge in [-0.2, -0.15) is 0 Å². The van der Waals surface area contributed by atoms with Gasteiger partial charge in [0.25, 0.3) is 5.91 Å². The van der Waals surface area contributed by atoms with E-state index in [-0.39, 0.29) is 5.91 Å². The molecule has 0 radical (unpaired) electrons. The van der Waals surface area contributed by atoms with Gasteiger partial charge in [0.15, 0.2) is 0 Å². The van der Waals surface area contributed by atoms with Crippen molar-refractivity contribution in [3.05, 3.63) is 82.7 Å². The molecule has 0 aliphatic heterocycles. The van der Waals surface area contributed by atoms with Gasteiger partial charge in [0.2, 0.25) is 0 Å². The van der Waals surface area contributed by atoms with Crippen molar-refractivity contribution in [3.63, 3.8) is 0 Å². The molecule has 0 unspecified atom stereocenters. The molecule has 4 nitrogen and oxygen atoms in total. The van der Waals surface area contributed by atoms with Crippen LogP contribution >= 0.6 is 15.9 Å². The fraction of sp³-hybridized carbons (Fsp3) is 0.0556. The Kier molecular flexibility index (Phi) is 4.78. The summed E-state index contributed by atoms with van der Waals surface area (Å²) in [7, 11) is 0. The van der Waals surface area contributed by atoms with Gasteiger partial charge in [-0.3, -0.25) is 14.8 Å². The van der Waals surface area contributed by atoms with Gasteiger partial charge in [-0.05, 0) is 54.1 Å². The summed E-state index contributed by atoms with van der Waals surface area (Å²) < 4.78 is 0.949. The lowest BCUT2D eigenvalue weighted by atomic mass is 10.1. The Morgan fingerprint density at radius 1 is 1.00 bits per heavy atom. The molecule has 1 amide bonds. The molecule has 23 heavy (non-hydrogen) atoms. The number of pyridine rings is 2. The standard InChI is InChI=1S/C18H14BrN3O/c19-16-3-1-15(2-4-16)18(23)22-12-13-5-10-21-17(11-13)14-6-8-20-9-7-14/h1-11H,12H2,(H,22,23). The average molecular weight is 368 g/mol. The Morgan fingerprint density at radius 3 is 2.48 bits per heavy atom. The molecule has 0 aliphatic carbocycles. The third kappa shape index (κ3) is 4.02. The van der Waals surface area contributed by atoms with Crippen LogP contribution in [0.1, 0.15) is 15.9 Å². The normalized spacial score (nSPS) is 10.3. The van der Waals surface area contributed by atoms with Crippen LogP contribution < -0.4 is 5.32 Å². The highest BCUT2D eigenvalue weighted by atomic mass is 79.9. The van der Waals surface area contributed by atoms with Gasteiger partial charge in [0.1, 0.15) is 0 Å². The van der Waals surface area contributed by atoms with Crippen LogP contribution in [0, 0.1) is 0 Å². The van der Waals surface area contributed by atoms with Crippen molar-refractivity contribution in [3.8, 4) is 11.3 Å². The third-order valence-electron chi connectivity index (χ3n) is 3.36. The molecule has 3 rings (SSSR count). The number of carbonyl (C=O) groups is 1. The van der Waals surface area contributed by atoms with E-state index >= 15 is 0 Å². The van der Waals surface area contributed by atoms with E-state index in [1.54, 1.807) is 30.7 Å². The van der Waals surface area contributed by atoms with Gasteiger partial charge in [0, 0.05) is 40.7 Å². The number of halogens is 1. The second kappa shape index (κ2) is 7.15. The third-order valence-corrected chi connectivity index (χ3v) is 3.89. The first-order valence-electron chi connectivity index (χ1n) is 7.11. The maximum Gasteiger partial charge on any atom is 0.251 e. The lowest BCUT2D eigenvalue weighted by molar-refractivity contribution is 0.0951. The second-order valence-electron chi connectivity index (χ2n) is 4.97. The highest BCUT2D eigenvalue weighted by Crippen LogP contribution is 2.16. The fourth-order valence-electron chi connectivity index (χ4n) is 2.15. The van der Waals surface area contributed by atoms with Crippen molar-refractivity contribution >= 4 is 21.8 Å². The maximum atomic E-state index is 12.1. The Labute approximate surface area is 142 Å². The Morgan fingerprint density at radius 2 is 1.74 bits per heavy atom. The van der Waals surface area contributed by atoms with E-state index in [0.29, 0.717) is 12.1 Å². The van der Waals surface area contributed by atoms with Crippen molar-refractivity contribution in [2.75, 3.05) is 0 Å². The maximum absolute atomic E-state index is 12.1. The van der Waals surface area contributed by atoms with Gasteiger partial charge in [-0.1, -0.05) is 15.9 Å². The zero-order valence-electron chi connectivity index (χ0n) is 12.2. The van der Waals surface area contributed by atoms with Crippen molar-refractivity contribution < 1.29 is 4.79 Å². The van der Waals surface area contributed by atoms with Crippen molar-refractivity contribution in [2.45, 2.75) is 6.54 Å². The van der Waals surface area contributed by atoms with E-state index in [2.05, 4.69) is 31.2 Å². The topological polar surface area (TPSA) is 54.9 Å². The number of hydrogen-bond donors (Lipinski definition) is 1. The number of benzene rings is 1. The van der Waals surface area contributed by atoms with Crippen molar-refractivity contribution in [1.29, 1.82) is 0 Å². The van der Waals surface area contributed by atoms with Crippen LogP contribution in [-0.4, -0.2) is 15.9 Å². The van der Waals surface area contributed by atoms with Gasteiger partial charge in [-0.25, -0.2) is 0 Å². The van der Waals surface area contributed by atoms with E-state index < -0.39 is 0 Å². The quantitative estimate of drug-likeness (QED) is 0.762. The summed E-state index contributed by atoms with van der Waals surface area (Å²) in [6, 6.07) is 15.0. The molecule has 3 aromatic rings. The minimum Gasteiger partial charge on any atom is -0.348 e. The summed E-state index contributed by atoms with van der Waals surface area (Å²) in [6.07, 6.45) is 5.22. The molecule has 2 aromatic heterocycles. The number of carbonyl (C=O) groups excluding carboxylic acids is 1. The molecule has 1 N–H and O–H groups in total. The number of rotatable bonds is 4. The molecule has 114 valence electrons. The number of hydrogen-bond acceptors (Lipinski definition) is 3. The predicted molar refractivity (Wildman–Crippen MR) is 92.8 cm³/mol. The molecular formula is C18H14BrN3O. The zero-order chi connectivity index (χ0) is 16.1. The second-order valence-corrected chi connectivity index (χ2v) is 5.89. The van der Waals surface area contributed by atoms with Crippen molar-refractivity contribution in [1.82, 2.24) is 15.3 Å². The van der Waals surface area contributed by atoms with Gasteiger partial charge < -0.3 is 5.32 Å². The lowest BCUT2D eigenvalue weighted by Crippen LogP contribution is -2.22. The number of amides is 1. The summed E-state index contributed by atoms with van der Waals surface area (Å²) >= 11 is 3.36. The van der Waals surface area contributed by atoms with E-state index in [0.717, 1.165) is 21.3 Å². The van der Waals surface area contributed by atoms with E-state index in [1.165, 1.54) is 0 Å². The predicted octanol–water partition coefficient (Wildman–Crippen LogP) is 3.84. The highest BCUT2D eigenvalue weighted by molar-refractivity contribution is 9.10. The molecule has 0 aliphatic rings. The van der Waals surface area contributed by atoms with Crippen LogP contribution in [0.3, 0.4) is 0 Å². The zero-order valence-corrected chi connectivity index (χ0v) is 13.8. The fourth-order valence-corrected chi connectivity index (χ4v) is 2.41. The van der Waals surface area contributed by atoms with Crippen LogP contribution in [0.15, 0.2) is 71.6 Å². The first-order valence-corrected chi connectivity index (χ1v) is 7.91. The summed E-state index contributed by atoms with van der Waals surface area (Å²) in [5, 5.41) is 2.92. The van der Waals surface area contributed by atoms with E-state index in [9.17, 15) is 4.79 Å².